The summed E-state index contributed by atoms with van der Waals surface area (Å²) >= 11 is 0. The van der Waals surface area contributed by atoms with E-state index in [9.17, 15) is 4.79 Å². The normalized spacial score (nSPS) is 21.2. The van der Waals surface area contributed by atoms with E-state index in [1.165, 1.54) is 16.7 Å². The number of aliphatic imine (C=N–C) groups is 1. The molecule has 1 amide bonds. The van der Waals surface area contributed by atoms with Crippen molar-refractivity contribution in [3.05, 3.63) is 83.9 Å². The minimum absolute atomic E-state index is 0.213. The van der Waals surface area contributed by atoms with Crippen molar-refractivity contribution in [1.29, 1.82) is 0 Å². The van der Waals surface area contributed by atoms with Gasteiger partial charge in [-0.3, -0.25) is 10.1 Å². The van der Waals surface area contributed by atoms with Gasteiger partial charge in [-0.05, 0) is 55.5 Å². The second-order valence-electron chi connectivity index (χ2n) is 8.63. The lowest BCUT2D eigenvalue weighted by atomic mass is 9.69. The summed E-state index contributed by atoms with van der Waals surface area (Å²) in [5.74, 6) is -0.213. The molecule has 31 heavy (non-hydrogen) atoms. The molecule has 1 aliphatic carbocycles. The average molecular weight is 412 g/mol. The molecule has 2 heterocycles. The molecular formula is C25H24N4O2. The number of fused-ring (bicyclic) bond motifs is 1. The highest BCUT2D eigenvalue weighted by Crippen LogP contribution is 2.46. The van der Waals surface area contributed by atoms with Crippen LogP contribution in [0.4, 0.5) is 0 Å². The number of aromatic nitrogens is 2. The van der Waals surface area contributed by atoms with Gasteiger partial charge in [0.2, 0.25) is 0 Å². The van der Waals surface area contributed by atoms with Gasteiger partial charge in [-0.15, -0.1) is 0 Å². The molecule has 5 rings (SSSR count). The van der Waals surface area contributed by atoms with Crippen LogP contribution < -0.4 is 5.32 Å². The molecule has 6 nitrogen and oxygen atoms in total. The van der Waals surface area contributed by atoms with E-state index in [0.29, 0.717) is 11.6 Å². The molecule has 1 aromatic heterocycles. The average Bonchev–Trinajstić information content (AvgIpc) is 3.02. The third-order valence-corrected chi connectivity index (χ3v) is 6.46. The van der Waals surface area contributed by atoms with Crippen molar-refractivity contribution >= 4 is 11.9 Å². The predicted octanol–water partition coefficient (Wildman–Crippen LogP) is 3.97. The van der Waals surface area contributed by atoms with Gasteiger partial charge >= 0.3 is 0 Å². The lowest BCUT2D eigenvalue weighted by molar-refractivity contribution is 0.0336. The van der Waals surface area contributed by atoms with Gasteiger partial charge in [0.05, 0.1) is 0 Å². The quantitative estimate of drug-likeness (QED) is 0.691. The molecule has 1 spiro atoms. The molecule has 2 aliphatic rings. The van der Waals surface area contributed by atoms with Crippen LogP contribution in [0.15, 0.2) is 72.2 Å². The lowest BCUT2D eigenvalue weighted by Gasteiger charge is -2.41. The van der Waals surface area contributed by atoms with Crippen molar-refractivity contribution in [2.24, 2.45) is 4.99 Å². The molecule has 0 fully saturated rings. The first-order chi connectivity index (χ1) is 15.0. The molecule has 3 aromatic rings. The minimum atomic E-state index is -0.532. The molecule has 1 atom stereocenters. The molecule has 6 heteroatoms. The fourth-order valence-corrected chi connectivity index (χ4v) is 4.65. The minimum Gasteiger partial charge on any atom is -0.456 e. The number of nitrogens with one attached hydrogen (secondary N) is 1. The molecule has 0 radical (unpaired) electrons. The zero-order valence-corrected chi connectivity index (χ0v) is 17.6. The zero-order valence-electron chi connectivity index (χ0n) is 17.6. The Hall–Kier alpha value is -3.54. The van der Waals surface area contributed by atoms with E-state index in [-0.39, 0.29) is 5.91 Å². The highest BCUT2D eigenvalue weighted by molar-refractivity contribution is 6.04. The van der Waals surface area contributed by atoms with Gasteiger partial charge < -0.3 is 4.74 Å². The molecule has 1 N–H and O–H groups in total. The van der Waals surface area contributed by atoms with E-state index in [1.807, 2.05) is 30.6 Å². The smallest absolute Gasteiger partial charge is 0.293 e. The third-order valence-electron chi connectivity index (χ3n) is 6.46. The first-order valence-electron chi connectivity index (χ1n) is 10.5. The van der Waals surface area contributed by atoms with Crippen LogP contribution in [-0.4, -0.2) is 33.0 Å². The molecule has 0 bridgehead atoms. The zero-order chi connectivity index (χ0) is 21.5. The number of carbonyl (C=O) groups is 1. The van der Waals surface area contributed by atoms with E-state index in [4.69, 9.17) is 9.73 Å². The van der Waals surface area contributed by atoms with Crippen molar-refractivity contribution in [2.75, 3.05) is 0 Å². The Morgan fingerprint density at radius 1 is 1.03 bits per heavy atom. The Morgan fingerprint density at radius 3 is 2.58 bits per heavy atom. The van der Waals surface area contributed by atoms with Gasteiger partial charge in [0.1, 0.15) is 17.5 Å². The van der Waals surface area contributed by atoms with Crippen LogP contribution in [-0.2, 0) is 17.6 Å². The number of hydrogen-bond donors (Lipinski definition) is 1. The number of ether oxygens (including phenoxy) is 1. The summed E-state index contributed by atoms with van der Waals surface area (Å²) in [4.78, 5) is 25.9. The summed E-state index contributed by atoms with van der Waals surface area (Å²) in [7, 11) is 0. The van der Waals surface area contributed by atoms with Crippen molar-refractivity contribution < 1.29 is 9.53 Å². The monoisotopic (exact) mass is 412 g/mol. The fraction of sp³-hybridized carbons (Fsp3) is 0.280. The van der Waals surface area contributed by atoms with Crippen molar-refractivity contribution in [2.45, 2.75) is 44.2 Å². The Balaban J connectivity index is 1.45. The fourth-order valence-electron chi connectivity index (χ4n) is 4.65. The van der Waals surface area contributed by atoms with Crippen LogP contribution in [0.2, 0.25) is 0 Å². The molecule has 156 valence electrons. The molecule has 0 saturated heterocycles. The number of carbonyl (C=O) groups excluding carboxylic acids is 1. The number of benzene rings is 2. The van der Waals surface area contributed by atoms with E-state index >= 15 is 0 Å². The maximum Gasteiger partial charge on any atom is 0.293 e. The van der Waals surface area contributed by atoms with E-state index < -0.39 is 11.1 Å². The standard InChI is InChI=1S/C25H24N4O2/c1-24(2)25(29-23(31-24)28-22(30)17-7-4-3-5-8-17)12-11-21-18(13-25)9-6-10-20(21)19-14-26-16-27-15-19/h3-10,14-16H,11-13H2,1-2H3,(H,28,29,30). The number of amidine groups is 1. The summed E-state index contributed by atoms with van der Waals surface area (Å²) in [6, 6.07) is 15.8. The first-order valence-corrected chi connectivity index (χ1v) is 10.5. The van der Waals surface area contributed by atoms with E-state index in [2.05, 4.69) is 47.3 Å². The number of hydrogen-bond acceptors (Lipinski definition) is 5. The maximum absolute atomic E-state index is 12.6. The van der Waals surface area contributed by atoms with Crippen molar-refractivity contribution in [1.82, 2.24) is 15.3 Å². The second kappa shape index (κ2) is 7.30. The van der Waals surface area contributed by atoms with Gasteiger partial charge in [0, 0.05) is 29.9 Å². The Bertz CT molecular complexity index is 1160. The first kappa shape index (κ1) is 19.4. The van der Waals surface area contributed by atoms with Gasteiger partial charge in [0.15, 0.2) is 0 Å². The van der Waals surface area contributed by atoms with Gasteiger partial charge in [-0.1, -0.05) is 36.4 Å². The third kappa shape index (κ3) is 3.38. The second-order valence-corrected chi connectivity index (χ2v) is 8.63. The Kier molecular flexibility index (Phi) is 4.58. The van der Waals surface area contributed by atoms with Crippen molar-refractivity contribution in [3.63, 3.8) is 0 Å². The van der Waals surface area contributed by atoms with Gasteiger partial charge in [-0.25, -0.2) is 15.0 Å². The summed E-state index contributed by atoms with van der Waals surface area (Å²) < 4.78 is 6.16. The molecular weight excluding hydrogens is 388 g/mol. The van der Waals surface area contributed by atoms with Crippen LogP contribution in [0, 0.1) is 0 Å². The predicted molar refractivity (Wildman–Crippen MR) is 119 cm³/mol. The molecule has 0 saturated carbocycles. The van der Waals surface area contributed by atoms with Crippen LogP contribution in [0.3, 0.4) is 0 Å². The largest absolute Gasteiger partial charge is 0.456 e. The summed E-state index contributed by atoms with van der Waals surface area (Å²) in [6.45, 7) is 4.11. The van der Waals surface area contributed by atoms with Crippen LogP contribution >= 0.6 is 0 Å². The highest BCUT2D eigenvalue weighted by Gasteiger charge is 2.54. The molecule has 1 aliphatic heterocycles. The number of rotatable bonds is 2. The molecule has 1 unspecified atom stereocenters. The topological polar surface area (TPSA) is 76.5 Å². The number of amides is 1. The maximum atomic E-state index is 12.6. The van der Waals surface area contributed by atoms with Crippen LogP contribution in [0.25, 0.3) is 11.1 Å². The lowest BCUT2D eigenvalue weighted by Crippen LogP contribution is -2.50. The highest BCUT2D eigenvalue weighted by atomic mass is 16.5. The SMILES string of the molecule is CC1(C)OC(NC(=O)c2ccccc2)=NC12CCc1c(cccc1-c1cncnc1)C2. The van der Waals surface area contributed by atoms with E-state index in [1.54, 1.807) is 18.5 Å². The van der Waals surface area contributed by atoms with Gasteiger partial charge in [0.25, 0.3) is 11.9 Å². The Morgan fingerprint density at radius 2 is 1.81 bits per heavy atom. The number of nitrogens with zero attached hydrogens (tertiary/aromatic N) is 3. The summed E-state index contributed by atoms with van der Waals surface area (Å²) in [5, 5.41) is 2.86. The summed E-state index contributed by atoms with van der Waals surface area (Å²) in [5.41, 5.74) is 4.39. The van der Waals surface area contributed by atoms with Crippen molar-refractivity contribution in [3.8, 4) is 11.1 Å². The van der Waals surface area contributed by atoms with Crippen LogP contribution in [0.1, 0.15) is 41.8 Å². The summed E-state index contributed by atoms with van der Waals surface area (Å²) in [6.07, 6.45) is 7.71. The van der Waals surface area contributed by atoms with Gasteiger partial charge in [-0.2, -0.15) is 0 Å². The van der Waals surface area contributed by atoms with Crippen LogP contribution in [0.5, 0.6) is 0 Å². The van der Waals surface area contributed by atoms with E-state index in [0.717, 1.165) is 24.8 Å². The molecule has 2 aromatic carbocycles. The Labute approximate surface area is 181 Å².